The van der Waals surface area contributed by atoms with Crippen molar-refractivity contribution in [1.82, 2.24) is 15.5 Å². The highest BCUT2D eigenvalue weighted by molar-refractivity contribution is 5.79. The van der Waals surface area contributed by atoms with Gasteiger partial charge in [0.05, 0.1) is 0 Å². The maximum Gasteiger partial charge on any atom is 0.191 e. The van der Waals surface area contributed by atoms with Crippen molar-refractivity contribution in [2.45, 2.75) is 59.3 Å². The lowest BCUT2D eigenvalue weighted by atomic mass is 10.0. The fourth-order valence-electron chi connectivity index (χ4n) is 3.15. The number of rotatable bonds is 12. The zero-order valence-corrected chi connectivity index (χ0v) is 16.3. The van der Waals surface area contributed by atoms with Gasteiger partial charge >= 0.3 is 0 Å². The smallest absolute Gasteiger partial charge is 0.191 e. The fourth-order valence-corrected chi connectivity index (χ4v) is 3.15. The molecule has 1 rings (SSSR count). The molecule has 5 heteroatoms. The summed E-state index contributed by atoms with van der Waals surface area (Å²) < 4.78 is 5.36. The van der Waals surface area contributed by atoms with Gasteiger partial charge in [-0.25, -0.2) is 0 Å². The van der Waals surface area contributed by atoms with Gasteiger partial charge in [-0.2, -0.15) is 0 Å². The molecule has 0 aromatic heterocycles. The van der Waals surface area contributed by atoms with Crippen molar-refractivity contribution in [3.8, 4) is 0 Å². The first-order valence-electron chi connectivity index (χ1n) is 10.1. The minimum Gasteiger partial charge on any atom is -0.382 e. The number of nitrogens with one attached hydrogen (secondary N) is 2. The molecule has 24 heavy (non-hydrogen) atoms. The molecule has 1 aliphatic heterocycles. The summed E-state index contributed by atoms with van der Waals surface area (Å²) in [5.74, 6) is 1.84. The molecule has 2 N–H and O–H groups in total. The standard InChI is InChI=1S/C19H40N4O/c1-4-20-19(22-13-7-9-16-24-5-2)21-12-6-8-14-23-15-10-11-18(3)17-23/h18H,4-17H2,1-3H3,(H2,20,21,22). The Morgan fingerprint density at radius 2 is 2.04 bits per heavy atom. The molecule has 5 nitrogen and oxygen atoms in total. The van der Waals surface area contributed by atoms with Gasteiger partial charge in [0.25, 0.3) is 0 Å². The summed E-state index contributed by atoms with van der Waals surface area (Å²) in [6.07, 6.45) is 7.43. The van der Waals surface area contributed by atoms with E-state index in [-0.39, 0.29) is 0 Å². The van der Waals surface area contributed by atoms with Gasteiger partial charge in [-0.05, 0) is 71.4 Å². The molecule has 0 aliphatic carbocycles. The Morgan fingerprint density at radius 1 is 1.17 bits per heavy atom. The number of ether oxygens (including phenoxy) is 1. The van der Waals surface area contributed by atoms with Crippen LogP contribution < -0.4 is 10.6 Å². The van der Waals surface area contributed by atoms with Gasteiger partial charge in [-0.1, -0.05) is 6.92 Å². The molecule has 142 valence electrons. The molecule has 0 spiro atoms. The number of hydrogen-bond donors (Lipinski definition) is 2. The zero-order chi connectivity index (χ0) is 17.5. The quantitative estimate of drug-likeness (QED) is 0.326. The Morgan fingerprint density at radius 3 is 2.79 bits per heavy atom. The highest BCUT2D eigenvalue weighted by Gasteiger charge is 2.15. The van der Waals surface area contributed by atoms with E-state index in [0.29, 0.717) is 0 Å². The molecule has 1 atom stereocenters. The average molecular weight is 341 g/mol. The van der Waals surface area contributed by atoms with Crippen molar-refractivity contribution < 1.29 is 4.74 Å². The summed E-state index contributed by atoms with van der Waals surface area (Å²) in [6.45, 7) is 14.8. The molecule has 0 aromatic carbocycles. The van der Waals surface area contributed by atoms with Gasteiger partial charge in [0.2, 0.25) is 0 Å². The second-order valence-corrected chi connectivity index (χ2v) is 6.85. The number of likely N-dealkylation sites (tertiary alicyclic amines) is 1. The third kappa shape index (κ3) is 10.9. The lowest BCUT2D eigenvalue weighted by Crippen LogP contribution is -2.38. The minimum absolute atomic E-state index is 0.813. The summed E-state index contributed by atoms with van der Waals surface area (Å²) in [5.41, 5.74) is 0. The largest absolute Gasteiger partial charge is 0.382 e. The van der Waals surface area contributed by atoms with E-state index in [1.807, 2.05) is 6.92 Å². The van der Waals surface area contributed by atoms with Crippen LogP contribution in [0.4, 0.5) is 0 Å². The lowest BCUT2D eigenvalue weighted by molar-refractivity contribution is 0.143. The van der Waals surface area contributed by atoms with Gasteiger partial charge < -0.3 is 20.3 Å². The van der Waals surface area contributed by atoms with Gasteiger partial charge in [-0.15, -0.1) is 0 Å². The van der Waals surface area contributed by atoms with Crippen LogP contribution in [0.15, 0.2) is 4.99 Å². The van der Waals surface area contributed by atoms with Gasteiger partial charge in [-0.3, -0.25) is 4.99 Å². The van der Waals surface area contributed by atoms with E-state index in [1.165, 1.54) is 45.3 Å². The maximum absolute atomic E-state index is 5.36. The van der Waals surface area contributed by atoms with Crippen LogP contribution >= 0.6 is 0 Å². The Bertz CT molecular complexity index is 322. The number of piperidine rings is 1. The molecular weight excluding hydrogens is 300 g/mol. The number of unbranched alkanes of at least 4 members (excludes halogenated alkanes) is 2. The van der Waals surface area contributed by atoms with Gasteiger partial charge in [0, 0.05) is 39.4 Å². The van der Waals surface area contributed by atoms with Crippen LogP contribution in [-0.4, -0.2) is 63.3 Å². The zero-order valence-electron chi connectivity index (χ0n) is 16.3. The second-order valence-electron chi connectivity index (χ2n) is 6.85. The third-order valence-electron chi connectivity index (χ3n) is 4.45. The van der Waals surface area contributed by atoms with Crippen LogP contribution in [0.25, 0.3) is 0 Å². The van der Waals surface area contributed by atoms with Crippen molar-refractivity contribution in [1.29, 1.82) is 0 Å². The molecule has 1 heterocycles. The predicted molar refractivity (Wildman–Crippen MR) is 104 cm³/mol. The minimum atomic E-state index is 0.813. The SMILES string of the molecule is CCNC(=NCCCCN1CCCC(C)C1)NCCCCOCC. The van der Waals surface area contributed by atoms with E-state index in [9.17, 15) is 0 Å². The van der Waals surface area contributed by atoms with Crippen molar-refractivity contribution in [3.05, 3.63) is 0 Å². The summed E-state index contributed by atoms with van der Waals surface area (Å²) >= 11 is 0. The van der Waals surface area contributed by atoms with Gasteiger partial charge in [0.1, 0.15) is 0 Å². The average Bonchev–Trinajstić information content (AvgIpc) is 2.57. The number of aliphatic imine (C=N–C) groups is 1. The Balaban J connectivity index is 2.08. The van der Waals surface area contributed by atoms with Crippen LogP contribution in [0.3, 0.4) is 0 Å². The Labute approximate surface area is 149 Å². The number of nitrogens with zero attached hydrogens (tertiary/aromatic N) is 2. The van der Waals surface area contributed by atoms with Crippen LogP contribution in [0.2, 0.25) is 0 Å². The van der Waals surface area contributed by atoms with Crippen LogP contribution in [-0.2, 0) is 4.74 Å². The molecule has 0 saturated carbocycles. The highest BCUT2D eigenvalue weighted by atomic mass is 16.5. The van der Waals surface area contributed by atoms with E-state index in [0.717, 1.165) is 57.6 Å². The summed E-state index contributed by atoms with van der Waals surface area (Å²) in [4.78, 5) is 7.31. The first-order chi connectivity index (χ1) is 11.8. The molecule has 1 saturated heterocycles. The molecular formula is C19H40N4O. The molecule has 1 unspecified atom stereocenters. The Kier molecular flexibility index (Phi) is 12.9. The molecule has 1 aliphatic rings. The summed E-state index contributed by atoms with van der Waals surface area (Å²) in [5, 5.41) is 6.74. The highest BCUT2D eigenvalue weighted by Crippen LogP contribution is 2.15. The number of guanidine groups is 1. The van der Waals surface area contributed by atoms with E-state index >= 15 is 0 Å². The maximum atomic E-state index is 5.36. The van der Waals surface area contributed by atoms with Crippen LogP contribution in [0.1, 0.15) is 59.3 Å². The van der Waals surface area contributed by atoms with Crippen molar-refractivity contribution in [3.63, 3.8) is 0 Å². The van der Waals surface area contributed by atoms with E-state index in [4.69, 9.17) is 4.74 Å². The summed E-state index contributed by atoms with van der Waals surface area (Å²) in [7, 11) is 0. The fraction of sp³-hybridized carbons (Fsp3) is 0.947. The molecule has 1 fully saturated rings. The van der Waals surface area contributed by atoms with Gasteiger partial charge in [0.15, 0.2) is 5.96 Å². The third-order valence-corrected chi connectivity index (χ3v) is 4.45. The lowest BCUT2D eigenvalue weighted by Gasteiger charge is -2.30. The molecule has 0 aromatic rings. The number of hydrogen-bond acceptors (Lipinski definition) is 3. The second kappa shape index (κ2) is 14.5. The first kappa shape index (κ1) is 21.2. The van der Waals surface area contributed by atoms with Crippen molar-refractivity contribution >= 4 is 5.96 Å². The normalized spacial score (nSPS) is 19.5. The van der Waals surface area contributed by atoms with E-state index < -0.39 is 0 Å². The molecule has 0 radical (unpaired) electrons. The Hall–Kier alpha value is -0.810. The van der Waals surface area contributed by atoms with E-state index in [1.54, 1.807) is 0 Å². The monoisotopic (exact) mass is 340 g/mol. The molecule has 0 bridgehead atoms. The molecule has 0 amide bonds. The predicted octanol–water partition coefficient (Wildman–Crippen LogP) is 2.87. The van der Waals surface area contributed by atoms with Crippen LogP contribution in [0.5, 0.6) is 0 Å². The van der Waals surface area contributed by atoms with Crippen molar-refractivity contribution in [2.75, 3.05) is 52.5 Å². The topological polar surface area (TPSA) is 48.9 Å². The van der Waals surface area contributed by atoms with Crippen molar-refractivity contribution in [2.24, 2.45) is 10.9 Å². The summed E-state index contributed by atoms with van der Waals surface area (Å²) in [6, 6.07) is 0. The van der Waals surface area contributed by atoms with E-state index in [2.05, 4.69) is 34.4 Å². The van der Waals surface area contributed by atoms with Crippen LogP contribution in [0, 0.1) is 5.92 Å². The first-order valence-corrected chi connectivity index (χ1v) is 10.1.